The van der Waals surface area contributed by atoms with Gasteiger partial charge in [0.1, 0.15) is 0 Å². The van der Waals surface area contributed by atoms with Crippen molar-refractivity contribution in [2.24, 2.45) is 11.8 Å². The summed E-state index contributed by atoms with van der Waals surface area (Å²) in [6, 6.07) is 0. The summed E-state index contributed by atoms with van der Waals surface area (Å²) in [7, 11) is -1.66. The van der Waals surface area contributed by atoms with Crippen LogP contribution in [-0.4, -0.2) is 25.6 Å². The molecule has 3 atom stereocenters. The quantitative estimate of drug-likeness (QED) is 0.613. The zero-order valence-corrected chi connectivity index (χ0v) is 15.1. The second-order valence-corrected chi connectivity index (χ2v) is 13.4. The summed E-state index contributed by atoms with van der Waals surface area (Å²) in [4.78, 5) is 0. The van der Waals surface area contributed by atoms with E-state index in [9.17, 15) is 5.11 Å². The molecule has 3 heteroatoms. The molecule has 1 fully saturated rings. The fraction of sp³-hybridized carbons (Fsp3) is 0.882. The summed E-state index contributed by atoms with van der Waals surface area (Å²) in [5.74, 6) is 1.05. The molecule has 0 aromatic heterocycles. The van der Waals surface area contributed by atoms with Gasteiger partial charge in [-0.3, -0.25) is 0 Å². The Kier molecular flexibility index (Phi) is 4.27. The molecule has 0 aromatic carbocycles. The fourth-order valence-electron chi connectivity index (χ4n) is 3.29. The van der Waals surface area contributed by atoms with Crippen molar-refractivity contribution in [2.75, 3.05) is 6.61 Å². The molecule has 0 aromatic rings. The lowest BCUT2D eigenvalue weighted by molar-refractivity contribution is 0.0272. The molecule has 0 heterocycles. The highest BCUT2D eigenvalue weighted by Gasteiger charge is 2.44. The van der Waals surface area contributed by atoms with E-state index in [-0.39, 0.29) is 5.04 Å². The molecular weight excluding hydrogens is 264 g/mol. The first kappa shape index (κ1) is 16.3. The molecular formula is C17H32O2Si. The SMILES string of the molecule is CC(C)(C)[Si](C)(C)OCC1=C[C@H]2[C@@H](CC1)CC[C@]2(C)O. The Morgan fingerprint density at radius 1 is 1.35 bits per heavy atom. The average molecular weight is 297 g/mol. The smallest absolute Gasteiger partial charge is 0.192 e. The van der Waals surface area contributed by atoms with Gasteiger partial charge in [0.2, 0.25) is 0 Å². The standard InChI is InChI=1S/C17H32O2Si/c1-16(2,3)20(5,6)19-12-13-7-8-14-9-10-17(4,18)15(14)11-13/h11,14-15,18H,7-10,12H2,1-6H3/t14-,15-,17-/m0/s1. The minimum Gasteiger partial charge on any atom is -0.413 e. The van der Waals surface area contributed by atoms with Crippen LogP contribution in [0.15, 0.2) is 11.6 Å². The molecule has 0 radical (unpaired) electrons. The molecule has 20 heavy (non-hydrogen) atoms. The van der Waals surface area contributed by atoms with E-state index in [1.807, 2.05) is 6.92 Å². The van der Waals surface area contributed by atoms with Crippen molar-refractivity contribution in [1.29, 1.82) is 0 Å². The Labute approximate surface area is 125 Å². The first-order chi connectivity index (χ1) is 9.03. The van der Waals surface area contributed by atoms with Crippen LogP contribution in [0.5, 0.6) is 0 Å². The van der Waals surface area contributed by atoms with Crippen molar-refractivity contribution in [3.8, 4) is 0 Å². The van der Waals surface area contributed by atoms with Crippen molar-refractivity contribution in [3.63, 3.8) is 0 Å². The zero-order chi connectivity index (χ0) is 15.2. The van der Waals surface area contributed by atoms with Gasteiger partial charge >= 0.3 is 0 Å². The van der Waals surface area contributed by atoms with Crippen LogP contribution < -0.4 is 0 Å². The lowest BCUT2D eigenvalue weighted by atomic mass is 9.78. The largest absolute Gasteiger partial charge is 0.413 e. The van der Waals surface area contributed by atoms with Crippen LogP contribution in [-0.2, 0) is 4.43 Å². The van der Waals surface area contributed by atoms with Gasteiger partial charge in [0, 0.05) is 5.92 Å². The van der Waals surface area contributed by atoms with E-state index < -0.39 is 13.9 Å². The van der Waals surface area contributed by atoms with Gasteiger partial charge in [-0.2, -0.15) is 0 Å². The van der Waals surface area contributed by atoms with Gasteiger partial charge in [-0.05, 0) is 62.2 Å². The summed E-state index contributed by atoms with van der Waals surface area (Å²) in [6.45, 7) is 14.3. The second-order valence-electron chi connectivity index (χ2n) is 8.59. The van der Waals surface area contributed by atoms with E-state index in [1.165, 1.54) is 18.4 Å². The van der Waals surface area contributed by atoms with Gasteiger partial charge in [-0.1, -0.05) is 26.8 Å². The minimum atomic E-state index is -1.66. The third kappa shape index (κ3) is 3.20. The monoisotopic (exact) mass is 296 g/mol. The van der Waals surface area contributed by atoms with Crippen molar-refractivity contribution in [2.45, 2.75) is 77.1 Å². The maximum absolute atomic E-state index is 10.5. The van der Waals surface area contributed by atoms with E-state index in [4.69, 9.17) is 4.43 Å². The molecule has 2 aliphatic rings. The number of rotatable bonds is 3. The van der Waals surface area contributed by atoms with Crippen LogP contribution in [0.3, 0.4) is 0 Å². The molecule has 2 rings (SSSR count). The molecule has 2 nitrogen and oxygen atoms in total. The number of hydrogen-bond acceptors (Lipinski definition) is 2. The Bertz CT molecular complexity index is 390. The van der Waals surface area contributed by atoms with E-state index in [0.29, 0.717) is 11.8 Å². The molecule has 0 amide bonds. The Morgan fingerprint density at radius 3 is 2.60 bits per heavy atom. The van der Waals surface area contributed by atoms with Crippen molar-refractivity contribution in [3.05, 3.63) is 11.6 Å². The molecule has 0 aliphatic heterocycles. The van der Waals surface area contributed by atoms with Crippen molar-refractivity contribution in [1.82, 2.24) is 0 Å². The predicted octanol–water partition coefficient (Wildman–Crippen LogP) is 4.51. The Hall–Kier alpha value is -0.123. The van der Waals surface area contributed by atoms with E-state index in [1.54, 1.807) is 0 Å². The van der Waals surface area contributed by atoms with Crippen LogP contribution in [0.2, 0.25) is 18.1 Å². The molecule has 1 N–H and O–H groups in total. The highest BCUT2D eigenvalue weighted by molar-refractivity contribution is 6.74. The van der Waals surface area contributed by atoms with E-state index in [2.05, 4.69) is 39.9 Å². The van der Waals surface area contributed by atoms with Crippen molar-refractivity contribution < 1.29 is 9.53 Å². The van der Waals surface area contributed by atoms with Crippen LogP contribution >= 0.6 is 0 Å². The third-order valence-electron chi connectivity index (χ3n) is 5.92. The molecule has 0 spiro atoms. The van der Waals surface area contributed by atoms with Gasteiger partial charge < -0.3 is 9.53 Å². The molecule has 0 bridgehead atoms. The predicted molar refractivity (Wildman–Crippen MR) is 87.3 cm³/mol. The first-order valence-electron chi connectivity index (χ1n) is 8.09. The maximum Gasteiger partial charge on any atom is 0.192 e. The minimum absolute atomic E-state index is 0.267. The van der Waals surface area contributed by atoms with Gasteiger partial charge in [-0.25, -0.2) is 0 Å². The maximum atomic E-state index is 10.5. The number of aliphatic hydroxyl groups is 1. The van der Waals surface area contributed by atoms with Crippen LogP contribution in [0.25, 0.3) is 0 Å². The molecule has 2 aliphatic carbocycles. The van der Waals surface area contributed by atoms with Gasteiger partial charge in [0.15, 0.2) is 8.32 Å². The number of fused-ring (bicyclic) bond motifs is 1. The summed E-state index contributed by atoms with van der Waals surface area (Å²) in [5.41, 5.74) is 0.922. The molecule has 1 saturated carbocycles. The summed E-state index contributed by atoms with van der Waals surface area (Å²) < 4.78 is 6.34. The number of hydrogen-bond donors (Lipinski definition) is 1. The van der Waals surface area contributed by atoms with Gasteiger partial charge in [-0.15, -0.1) is 0 Å². The summed E-state index contributed by atoms with van der Waals surface area (Å²) in [5, 5.41) is 10.8. The lowest BCUT2D eigenvalue weighted by Gasteiger charge is -2.37. The Balaban J connectivity index is 2.01. The summed E-state index contributed by atoms with van der Waals surface area (Å²) >= 11 is 0. The van der Waals surface area contributed by atoms with Gasteiger partial charge in [0.05, 0.1) is 12.2 Å². The van der Waals surface area contributed by atoms with Crippen LogP contribution in [0.4, 0.5) is 0 Å². The average Bonchev–Trinajstić information content (AvgIpc) is 2.62. The topological polar surface area (TPSA) is 29.5 Å². The highest BCUT2D eigenvalue weighted by atomic mass is 28.4. The zero-order valence-electron chi connectivity index (χ0n) is 14.1. The fourth-order valence-corrected chi connectivity index (χ4v) is 4.27. The third-order valence-corrected chi connectivity index (χ3v) is 10.4. The molecule has 0 saturated heterocycles. The summed E-state index contributed by atoms with van der Waals surface area (Å²) in [6.07, 6.45) is 6.87. The van der Waals surface area contributed by atoms with Crippen LogP contribution in [0, 0.1) is 11.8 Å². The lowest BCUT2D eigenvalue weighted by Crippen LogP contribution is -2.41. The van der Waals surface area contributed by atoms with Crippen LogP contribution in [0.1, 0.15) is 53.4 Å². The van der Waals surface area contributed by atoms with E-state index >= 15 is 0 Å². The first-order valence-corrected chi connectivity index (χ1v) is 11.0. The van der Waals surface area contributed by atoms with Gasteiger partial charge in [0.25, 0.3) is 0 Å². The molecule has 116 valence electrons. The van der Waals surface area contributed by atoms with E-state index in [0.717, 1.165) is 19.4 Å². The molecule has 0 unspecified atom stereocenters. The highest BCUT2D eigenvalue weighted by Crippen LogP contribution is 2.47. The Morgan fingerprint density at radius 2 is 2.00 bits per heavy atom. The second kappa shape index (κ2) is 5.26. The normalized spacial score (nSPS) is 34.9. The van der Waals surface area contributed by atoms with Crippen molar-refractivity contribution >= 4 is 8.32 Å².